The highest BCUT2D eigenvalue weighted by atomic mass is 79.9. The molecule has 0 saturated carbocycles. The van der Waals surface area contributed by atoms with Crippen LogP contribution >= 0.6 is 38.9 Å². The molecule has 1 aliphatic rings. The lowest BCUT2D eigenvalue weighted by Gasteiger charge is -2.26. The number of hydrogen-bond donors (Lipinski definition) is 1. The van der Waals surface area contributed by atoms with Gasteiger partial charge in [-0.2, -0.15) is 0 Å². The zero-order valence-electron chi connectivity index (χ0n) is 26.5. The lowest BCUT2D eigenvalue weighted by molar-refractivity contribution is -0.139. The predicted molar refractivity (Wildman–Crippen MR) is 186 cm³/mol. The maximum Gasteiger partial charge on any atom is 0.338 e. The number of hydrogen-bond acceptors (Lipinski definition) is 9. The Bertz CT molecular complexity index is 2110. The molecule has 0 radical (unpaired) electrons. The molecule has 1 N–H and O–H groups in total. The van der Waals surface area contributed by atoms with E-state index < -0.39 is 18.0 Å². The summed E-state index contributed by atoms with van der Waals surface area (Å²) in [6.07, 6.45) is 2.93. The number of aromatic nitrogens is 1. The number of benzene rings is 3. The molecule has 1 atom stereocenters. The van der Waals surface area contributed by atoms with E-state index in [1.807, 2.05) is 19.1 Å². The summed E-state index contributed by atoms with van der Waals surface area (Å²) >= 11 is 11.4. The molecule has 2 heterocycles. The summed E-state index contributed by atoms with van der Waals surface area (Å²) < 4.78 is 25.0. The highest BCUT2D eigenvalue weighted by molar-refractivity contribution is 9.10. The number of methoxy groups -OCH3 is 2. The summed E-state index contributed by atoms with van der Waals surface area (Å²) in [7, 11) is 3.03. The monoisotopic (exact) mass is 754 g/mol. The van der Waals surface area contributed by atoms with Crippen molar-refractivity contribution in [3.63, 3.8) is 0 Å². The molecule has 0 spiro atoms. The van der Waals surface area contributed by atoms with Crippen molar-refractivity contribution in [2.45, 2.75) is 39.3 Å². The third kappa shape index (κ3) is 7.20. The van der Waals surface area contributed by atoms with Gasteiger partial charge in [-0.05, 0) is 88.4 Å². The third-order valence-electron chi connectivity index (χ3n) is 7.49. The lowest BCUT2D eigenvalue weighted by Crippen LogP contribution is -2.40. The van der Waals surface area contributed by atoms with E-state index in [-0.39, 0.29) is 35.1 Å². The molecule has 5 rings (SSSR count). The minimum absolute atomic E-state index is 0.0551. The zero-order chi connectivity index (χ0) is 34.5. The molecular formula is C35H32BrClN2O8S. The molecule has 250 valence electrons. The van der Waals surface area contributed by atoms with E-state index in [1.165, 1.54) is 35.1 Å². The molecule has 0 saturated heterocycles. The van der Waals surface area contributed by atoms with Crippen LogP contribution in [-0.2, 0) is 16.1 Å². The second-order valence-corrected chi connectivity index (χ2v) is 12.9. The van der Waals surface area contributed by atoms with Gasteiger partial charge in [0.1, 0.15) is 12.4 Å². The van der Waals surface area contributed by atoms with E-state index in [1.54, 1.807) is 50.4 Å². The maximum atomic E-state index is 14.2. The molecule has 3 aromatic carbocycles. The number of carbonyl (C=O) groups is 2. The number of fused-ring (bicyclic) bond motifs is 1. The van der Waals surface area contributed by atoms with E-state index in [9.17, 15) is 19.5 Å². The fourth-order valence-corrected chi connectivity index (χ4v) is 7.21. The van der Waals surface area contributed by atoms with Gasteiger partial charge in [0.15, 0.2) is 16.3 Å². The number of rotatable bonds is 12. The molecule has 4 aromatic rings. The zero-order valence-corrected chi connectivity index (χ0v) is 29.7. The Kier molecular flexibility index (Phi) is 11.1. The maximum absolute atomic E-state index is 14.2. The minimum Gasteiger partial charge on any atom is -0.496 e. The van der Waals surface area contributed by atoms with Gasteiger partial charge in [0.2, 0.25) is 0 Å². The number of aromatic carboxylic acids is 1. The molecule has 0 amide bonds. The number of carbonyl (C=O) groups excluding carboxylic acids is 1. The number of allylic oxidation sites excluding steroid dienone is 1. The Balaban J connectivity index is 1.60. The number of nitrogens with zero attached hydrogens (tertiary/aromatic N) is 2. The summed E-state index contributed by atoms with van der Waals surface area (Å²) in [6.45, 7) is 3.96. The first kappa shape index (κ1) is 34.9. The summed E-state index contributed by atoms with van der Waals surface area (Å²) in [5.41, 5.74) is 2.58. The summed E-state index contributed by atoms with van der Waals surface area (Å²) in [6, 6.07) is 14.4. The van der Waals surface area contributed by atoms with Crippen LogP contribution in [0.15, 0.2) is 80.1 Å². The van der Waals surface area contributed by atoms with Gasteiger partial charge in [0.05, 0.1) is 57.7 Å². The van der Waals surface area contributed by atoms with E-state index in [4.69, 9.17) is 35.5 Å². The van der Waals surface area contributed by atoms with Crippen molar-refractivity contribution in [1.29, 1.82) is 0 Å². The molecule has 1 aliphatic heterocycles. The summed E-state index contributed by atoms with van der Waals surface area (Å²) in [5, 5.41) is 9.54. The fraction of sp³-hybridized carbons (Fsp3) is 0.257. The average Bonchev–Trinajstić information content (AvgIpc) is 3.37. The largest absolute Gasteiger partial charge is 0.496 e. The number of esters is 1. The minimum atomic E-state index is -1.04. The van der Waals surface area contributed by atoms with E-state index in [0.717, 1.165) is 6.42 Å². The smallest absolute Gasteiger partial charge is 0.338 e. The number of halogens is 2. The second kappa shape index (κ2) is 15.2. The predicted octanol–water partition coefficient (Wildman–Crippen LogP) is 6.29. The lowest BCUT2D eigenvalue weighted by atomic mass is 9.94. The second-order valence-electron chi connectivity index (χ2n) is 10.6. The summed E-state index contributed by atoms with van der Waals surface area (Å²) in [4.78, 5) is 44.3. The van der Waals surface area contributed by atoms with Crippen LogP contribution in [0, 0.1) is 0 Å². The molecule has 0 bridgehead atoms. The Morgan fingerprint density at radius 3 is 2.52 bits per heavy atom. The summed E-state index contributed by atoms with van der Waals surface area (Å²) in [5.74, 6) is -0.367. The van der Waals surface area contributed by atoms with Crippen LogP contribution in [-0.4, -0.2) is 42.4 Å². The number of ether oxygens (including phenoxy) is 4. The van der Waals surface area contributed by atoms with Crippen molar-refractivity contribution >= 4 is 56.9 Å². The first-order valence-corrected chi connectivity index (χ1v) is 17.0. The van der Waals surface area contributed by atoms with Crippen molar-refractivity contribution in [3.05, 3.63) is 117 Å². The first-order valence-electron chi connectivity index (χ1n) is 15.0. The highest BCUT2D eigenvalue weighted by Gasteiger charge is 2.34. The number of carboxylic acids is 1. The Hall–Kier alpha value is -4.39. The number of carboxylic acid groups (broad SMARTS) is 1. The van der Waals surface area contributed by atoms with Crippen LogP contribution in [0.3, 0.4) is 0 Å². The Morgan fingerprint density at radius 2 is 1.85 bits per heavy atom. The number of thiazole rings is 1. The van der Waals surface area contributed by atoms with Gasteiger partial charge in [0, 0.05) is 0 Å². The molecule has 0 unspecified atom stereocenters. The van der Waals surface area contributed by atoms with Gasteiger partial charge >= 0.3 is 11.9 Å². The van der Waals surface area contributed by atoms with Crippen LogP contribution in [0.4, 0.5) is 0 Å². The standard InChI is InChI=1S/C35H32BrClN2O8S/c1-5-8-25-29(34(43)46-6-2)30(21-11-12-26(44-3)23(36)17-21)39-32(40)28(48-35(39)38-25)16-20-14-24(37)31(27(15-20)45-4)47-18-19-9-7-10-22(13-19)33(41)42/h7,9-17,30H,5-6,8,18H2,1-4H3,(H,41,42)/b28-16+/t30-/m0/s1. The van der Waals surface area contributed by atoms with Crippen molar-refractivity contribution in [1.82, 2.24) is 4.57 Å². The van der Waals surface area contributed by atoms with Gasteiger partial charge in [-0.1, -0.05) is 54.5 Å². The third-order valence-corrected chi connectivity index (χ3v) is 9.37. The SMILES string of the molecule is CCCC1=C(C(=O)OCC)[C@H](c2ccc(OC)c(Br)c2)n2c(s/c(=C/c3cc(Cl)c(OCc4cccc(C(=O)O)c4)c(OC)c3)c2=O)=N1. The van der Waals surface area contributed by atoms with Gasteiger partial charge in [-0.15, -0.1) is 0 Å². The normalized spacial score (nSPS) is 14.3. The van der Waals surface area contributed by atoms with Gasteiger partial charge in [0.25, 0.3) is 5.56 Å². The molecule has 1 aromatic heterocycles. The van der Waals surface area contributed by atoms with Gasteiger partial charge in [-0.25, -0.2) is 14.6 Å². The average molecular weight is 756 g/mol. The van der Waals surface area contributed by atoms with Crippen molar-refractivity contribution in [2.24, 2.45) is 4.99 Å². The molecule has 0 aliphatic carbocycles. The van der Waals surface area contributed by atoms with Crippen molar-refractivity contribution < 1.29 is 33.6 Å². The van der Waals surface area contributed by atoms with Crippen molar-refractivity contribution in [3.8, 4) is 17.2 Å². The van der Waals surface area contributed by atoms with E-state index in [0.29, 0.717) is 59.7 Å². The molecular weight excluding hydrogens is 724 g/mol. The molecule has 0 fully saturated rings. The van der Waals surface area contributed by atoms with Crippen LogP contribution in [0.2, 0.25) is 5.02 Å². The van der Waals surface area contributed by atoms with Gasteiger partial charge < -0.3 is 24.1 Å². The molecule has 13 heteroatoms. The van der Waals surface area contributed by atoms with Gasteiger partial charge in [-0.3, -0.25) is 9.36 Å². The van der Waals surface area contributed by atoms with Crippen LogP contribution in [0.1, 0.15) is 59.8 Å². The van der Waals surface area contributed by atoms with E-state index >= 15 is 0 Å². The molecule has 10 nitrogen and oxygen atoms in total. The van der Waals surface area contributed by atoms with Crippen LogP contribution in [0.25, 0.3) is 6.08 Å². The van der Waals surface area contributed by atoms with E-state index in [2.05, 4.69) is 15.9 Å². The van der Waals surface area contributed by atoms with Crippen molar-refractivity contribution in [2.75, 3.05) is 20.8 Å². The molecule has 48 heavy (non-hydrogen) atoms. The topological polar surface area (TPSA) is 126 Å². The van der Waals surface area contributed by atoms with Crippen LogP contribution < -0.4 is 29.1 Å². The Labute approximate surface area is 293 Å². The first-order chi connectivity index (χ1) is 23.1. The Morgan fingerprint density at radius 1 is 1.08 bits per heavy atom. The quantitative estimate of drug-likeness (QED) is 0.168. The van der Waals surface area contributed by atoms with Crippen LogP contribution in [0.5, 0.6) is 17.2 Å². The highest BCUT2D eigenvalue weighted by Crippen LogP contribution is 2.38. The fourth-order valence-electron chi connectivity index (χ4n) is 5.35.